The Morgan fingerprint density at radius 2 is 1.65 bits per heavy atom. The van der Waals surface area contributed by atoms with Crippen LogP contribution in [0.4, 0.5) is 0 Å². The molecule has 0 saturated heterocycles. The first-order chi connectivity index (χ1) is 9.60. The normalized spacial score (nSPS) is 11.4. The van der Waals surface area contributed by atoms with E-state index in [1.165, 1.54) is 6.92 Å². The van der Waals surface area contributed by atoms with Crippen LogP contribution >= 0.6 is 0 Å². The van der Waals surface area contributed by atoms with Crippen molar-refractivity contribution in [3.63, 3.8) is 0 Å². The Kier molecular flexibility index (Phi) is 3.89. The minimum atomic E-state index is -0.316. The molecular formula is C15H15NO4. The number of carbonyl (C=O) groups excluding carboxylic acids is 1. The molecule has 0 saturated carbocycles. The summed E-state index contributed by atoms with van der Waals surface area (Å²) >= 11 is 0. The van der Waals surface area contributed by atoms with Crippen LogP contribution in [0.3, 0.4) is 0 Å². The minimum Gasteiger partial charge on any atom is -0.493 e. The molecule has 2 rings (SSSR count). The zero-order valence-corrected chi connectivity index (χ0v) is 11.5. The predicted molar refractivity (Wildman–Crippen MR) is 76.3 cm³/mol. The molecule has 5 heteroatoms. The maximum absolute atomic E-state index is 12.0. The molecule has 5 nitrogen and oxygen atoms in total. The van der Waals surface area contributed by atoms with Crippen LogP contribution in [0.25, 0.3) is 10.8 Å². The summed E-state index contributed by atoms with van der Waals surface area (Å²) in [5.41, 5.74) is 0.504. The van der Waals surface area contributed by atoms with Crippen molar-refractivity contribution in [3.8, 4) is 11.5 Å². The average molecular weight is 273 g/mol. The van der Waals surface area contributed by atoms with Crippen molar-refractivity contribution in [2.45, 2.75) is 6.92 Å². The lowest BCUT2D eigenvalue weighted by Gasteiger charge is -2.10. The topological polar surface area (TPSA) is 68.1 Å². The van der Waals surface area contributed by atoms with Crippen LogP contribution in [0.5, 0.6) is 11.5 Å². The molecule has 1 N–H and O–H groups in total. The quantitative estimate of drug-likeness (QED) is 0.402. The SMILES string of the molecule is COc1cc2ccc(C(=O)C(C)=NO)cc2cc1OC. The molecule has 0 fully saturated rings. The van der Waals surface area contributed by atoms with E-state index in [0.717, 1.165) is 10.8 Å². The van der Waals surface area contributed by atoms with Crippen molar-refractivity contribution >= 4 is 22.3 Å². The van der Waals surface area contributed by atoms with Crippen LogP contribution in [-0.2, 0) is 0 Å². The molecule has 104 valence electrons. The molecular weight excluding hydrogens is 258 g/mol. The second-order valence-corrected chi connectivity index (χ2v) is 4.28. The number of ether oxygens (including phenoxy) is 2. The number of nitrogens with zero attached hydrogens (tertiary/aromatic N) is 1. The molecule has 0 bridgehead atoms. The van der Waals surface area contributed by atoms with Gasteiger partial charge in [0.25, 0.3) is 0 Å². The second kappa shape index (κ2) is 5.61. The summed E-state index contributed by atoms with van der Waals surface area (Å²) in [5, 5.41) is 13.4. The van der Waals surface area contributed by atoms with Gasteiger partial charge in [-0.15, -0.1) is 0 Å². The van der Waals surface area contributed by atoms with Crippen molar-refractivity contribution in [3.05, 3.63) is 35.9 Å². The van der Waals surface area contributed by atoms with E-state index in [2.05, 4.69) is 5.16 Å². The van der Waals surface area contributed by atoms with Gasteiger partial charge in [-0.3, -0.25) is 4.79 Å². The molecule has 0 heterocycles. The number of oxime groups is 1. The number of carbonyl (C=O) groups is 1. The molecule has 0 aliphatic heterocycles. The Labute approximate surface area is 116 Å². The third-order valence-corrected chi connectivity index (χ3v) is 3.08. The van der Waals surface area contributed by atoms with Gasteiger partial charge in [-0.05, 0) is 35.9 Å². The number of hydrogen-bond donors (Lipinski definition) is 1. The molecule has 2 aromatic rings. The lowest BCUT2D eigenvalue weighted by atomic mass is 10.0. The first kappa shape index (κ1) is 13.9. The highest BCUT2D eigenvalue weighted by Gasteiger charge is 2.12. The Balaban J connectivity index is 2.57. The van der Waals surface area contributed by atoms with Gasteiger partial charge in [-0.1, -0.05) is 17.3 Å². The number of methoxy groups -OCH3 is 2. The first-order valence-corrected chi connectivity index (χ1v) is 6.00. The summed E-state index contributed by atoms with van der Waals surface area (Å²) in [7, 11) is 3.13. The predicted octanol–water partition coefficient (Wildman–Crippen LogP) is 2.89. The summed E-state index contributed by atoms with van der Waals surface area (Å²) in [6.07, 6.45) is 0. The Morgan fingerprint density at radius 1 is 1.05 bits per heavy atom. The van der Waals surface area contributed by atoms with Gasteiger partial charge in [-0.2, -0.15) is 0 Å². The fourth-order valence-corrected chi connectivity index (χ4v) is 1.97. The monoisotopic (exact) mass is 273 g/mol. The number of Topliss-reactive ketones (excluding diaryl/α,β-unsaturated/α-hetero) is 1. The van der Waals surface area contributed by atoms with E-state index in [0.29, 0.717) is 17.1 Å². The summed E-state index contributed by atoms with van der Waals surface area (Å²) in [6, 6.07) is 8.88. The molecule has 0 aliphatic rings. The van der Waals surface area contributed by atoms with Crippen molar-refractivity contribution in [1.82, 2.24) is 0 Å². The van der Waals surface area contributed by atoms with Gasteiger partial charge < -0.3 is 14.7 Å². The van der Waals surface area contributed by atoms with Crippen LogP contribution in [0.1, 0.15) is 17.3 Å². The van der Waals surface area contributed by atoms with E-state index >= 15 is 0 Å². The van der Waals surface area contributed by atoms with E-state index in [-0.39, 0.29) is 11.5 Å². The molecule has 0 radical (unpaired) electrons. The van der Waals surface area contributed by atoms with Gasteiger partial charge in [0.1, 0.15) is 5.71 Å². The molecule has 0 amide bonds. The molecule has 2 aromatic carbocycles. The first-order valence-electron chi connectivity index (χ1n) is 6.00. The minimum absolute atomic E-state index is 0.0461. The molecule has 0 aromatic heterocycles. The van der Waals surface area contributed by atoms with Crippen molar-refractivity contribution in [2.24, 2.45) is 5.16 Å². The number of benzene rings is 2. The van der Waals surface area contributed by atoms with Crippen LogP contribution < -0.4 is 9.47 Å². The van der Waals surface area contributed by atoms with E-state index in [4.69, 9.17) is 14.7 Å². The van der Waals surface area contributed by atoms with E-state index in [9.17, 15) is 4.79 Å². The Bertz CT molecular complexity index is 692. The van der Waals surface area contributed by atoms with Gasteiger partial charge in [-0.25, -0.2) is 0 Å². The smallest absolute Gasteiger partial charge is 0.210 e. The largest absolute Gasteiger partial charge is 0.493 e. The average Bonchev–Trinajstić information content (AvgIpc) is 2.51. The standard InChI is InChI=1S/C15H15NO4/c1-9(16-18)15(17)11-5-4-10-7-13(19-2)14(20-3)8-12(10)6-11/h4-8,18H,1-3H3. The van der Waals surface area contributed by atoms with Gasteiger partial charge >= 0.3 is 0 Å². The summed E-state index contributed by atoms with van der Waals surface area (Å²) < 4.78 is 10.5. The van der Waals surface area contributed by atoms with Crippen molar-refractivity contribution in [2.75, 3.05) is 14.2 Å². The van der Waals surface area contributed by atoms with E-state index in [1.54, 1.807) is 32.4 Å². The van der Waals surface area contributed by atoms with Crippen molar-refractivity contribution in [1.29, 1.82) is 0 Å². The number of hydrogen-bond acceptors (Lipinski definition) is 5. The summed E-state index contributed by atoms with van der Waals surface area (Å²) in [6.45, 7) is 1.46. The number of fused-ring (bicyclic) bond motifs is 1. The van der Waals surface area contributed by atoms with E-state index < -0.39 is 0 Å². The molecule has 0 unspecified atom stereocenters. The molecule has 0 atom stereocenters. The maximum atomic E-state index is 12.0. The zero-order chi connectivity index (χ0) is 14.7. The van der Waals surface area contributed by atoms with Crippen molar-refractivity contribution < 1.29 is 19.5 Å². The Hall–Kier alpha value is -2.56. The highest BCUT2D eigenvalue weighted by molar-refractivity contribution is 6.45. The van der Waals surface area contributed by atoms with Crippen LogP contribution in [0.2, 0.25) is 0 Å². The van der Waals surface area contributed by atoms with Gasteiger partial charge in [0.05, 0.1) is 14.2 Å². The van der Waals surface area contributed by atoms with Gasteiger partial charge in [0.15, 0.2) is 11.5 Å². The zero-order valence-electron chi connectivity index (χ0n) is 11.5. The van der Waals surface area contributed by atoms with E-state index in [1.807, 2.05) is 12.1 Å². The van der Waals surface area contributed by atoms with Gasteiger partial charge in [0, 0.05) is 5.56 Å². The molecule has 20 heavy (non-hydrogen) atoms. The summed E-state index contributed by atoms with van der Waals surface area (Å²) in [4.78, 5) is 12.0. The lowest BCUT2D eigenvalue weighted by molar-refractivity contribution is 0.106. The third kappa shape index (κ3) is 2.42. The number of rotatable bonds is 4. The van der Waals surface area contributed by atoms with Crippen LogP contribution in [0.15, 0.2) is 35.5 Å². The Morgan fingerprint density at radius 3 is 2.20 bits per heavy atom. The lowest BCUT2D eigenvalue weighted by Crippen LogP contribution is -2.10. The fourth-order valence-electron chi connectivity index (χ4n) is 1.97. The molecule has 0 aliphatic carbocycles. The second-order valence-electron chi connectivity index (χ2n) is 4.28. The number of ketones is 1. The molecule has 0 spiro atoms. The van der Waals surface area contributed by atoms with Crippen LogP contribution in [-0.4, -0.2) is 30.9 Å². The fraction of sp³-hybridized carbons (Fsp3) is 0.200. The van der Waals surface area contributed by atoms with Crippen LogP contribution in [0, 0.1) is 0 Å². The van der Waals surface area contributed by atoms with Gasteiger partial charge in [0.2, 0.25) is 5.78 Å². The highest BCUT2D eigenvalue weighted by Crippen LogP contribution is 2.32. The third-order valence-electron chi connectivity index (χ3n) is 3.08. The summed E-state index contributed by atoms with van der Waals surface area (Å²) in [5.74, 6) is 0.911. The maximum Gasteiger partial charge on any atom is 0.210 e. The highest BCUT2D eigenvalue weighted by atomic mass is 16.5.